The van der Waals surface area contributed by atoms with Gasteiger partial charge in [0, 0.05) is 5.54 Å². The molecule has 0 aliphatic carbocycles. The number of hydrogen-bond donors (Lipinski definition) is 1. The fraction of sp³-hybridized carbons (Fsp3) is 1.00. The average molecular weight is 159 g/mol. The molecule has 0 aliphatic heterocycles. The fourth-order valence-corrected chi connectivity index (χ4v) is 2.21. The molecule has 0 unspecified atom stereocenters. The zero-order chi connectivity index (χ0) is 8.20. The van der Waals surface area contributed by atoms with Crippen LogP contribution in [0.15, 0.2) is 0 Å². The van der Waals surface area contributed by atoms with Gasteiger partial charge in [-0.3, -0.25) is 0 Å². The second-order valence-corrected chi connectivity index (χ2v) is 5.79. The SMILES string of the molecule is CC(C)C[SiH2]NC(C)(C)C. The van der Waals surface area contributed by atoms with Gasteiger partial charge in [0.1, 0.15) is 0 Å². The molecule has 1 N–H and O–H groups in total. The molecule has 0 aromatic rings. The summed E-state index contributed by atoms with van der Waals surface area (Å²) in [5, 5.41) is 0. The van der Waals surface area contributed by atoms with Crippen LogP contribution in [0.2, 0.25) is 6.04 Å². The smallest absolute Gasteiger partial charge is 0.0924 e. The maximum Gasteiger partial charge on any atom is 0.0924 e. The highest BCUT2D eigenvalue weighted by Gasteiger charge is 2.07. The van der Waals surface area contributed by atoms with Crippen LogP contribution in [0.3, 0.4) is 0 Å². The van der Waals surface area contributed by atoms with Gasteiger partial charge in [-0.05, 0) is 32.7 Å². The Morgan fingerprint density at radius 3 is 2.10 bits per heavy atom. The van der Waals surface area contributed by atoms with E-state index >= 15 is 0 Å². The Hall–Kier alpha value is 0.177. The van der Waals surface area contributed by atoms with Crippen molar-refractivity contribution in [1.82, 2.24) is 4.98 Å². The van der Waals surface area contributed by atoms with E-state index in [0.29, 0.717) is 5.54 Å². The molecule has 0 radical (unpaired) electrons. The van der Waals surface area contributed by atoms with E-state index in [9.17, 15) is 0 Å². The molecule has 0 heterocycles. The predicted octanol–water partition coefficient (Wildman–Crippen LogP) is 1.53. The third-order valence-electron chi connectivity index (χ3n) is 1.38. The zero-order valence-electron chi connectivity index (χ0n) is 7.99. The molecule has 62 valence electrons. The summed E-state index contributed by atoms with van der Waals surface area (Å²) in [6, 6.07) is 1.41. The summed E-state index contributed by atoms with van der Waals surface area (Å²) in [7, 11) is 0.00965. The summed E-state index contributed by atoms with van der Waals surface area (Å²) in [4.78, 5) is 3.59. The summed E-state index contributed by atoms with van der Waals surface area (Å²) < 4.78 is 0. The maximum absolute atomic E-state index is 3.59. The summed E-state index contributed by atoms with van der Waals surface area (Å²) in [5.41, 5.74) is 0.348. The van der Waals surface area contributed by atoms with E-state index in [4.69, 9.17) is 0 Å². The minimum absolute atomic E-state index is 0.00965. The van der Waals surface area contributed by atoms with E-state index in [0.717, 1.165) is 5.92 Å². The minimum Gasteiger partial charge on any atom is -0.338 e. The second-order valence-electron chi connectivity index (χ2n) is 4.36. The summed E-state index contributed by atoms with van der Waals surface area (Å²) in [5.74, 6) is 0.876. The molecule has 10 heavy (non-hydrogen) atoms. The quantitative estimate of drug-likeness (QED) is 0.616. The van der Waals surface area contributed by atoms with Crippen molar-refractivity contribution in [3.8, 4) is 0 Å². The van der Waals surface area contributed by atoms with E-state index in [1.165, 1.54) is 6.04 Å². The molecule has 0 spiro atoms. The van der Waals surface area contributed by atoms with E-state index < -0.39 is 0 Å². The first-order valence-corrected chi connectivity index (χ1v) is 5.87. The topological polar surface area (TPSA) is 12.0 Å². The highest BCUT2D eigenvalue weighted by atomic mass is 28.2. The van der Waals surface area contributed by atoms with Gasteiger partial charge in [0.05, 0.1) is 9.68 Å². The molecule has 0 aromatic heterocycles. The molecule has 0 aromatic carbocycles. The summed E-state index contributed by atoms with van der Waals surface area (Å²) in [6.07, 6.45) is 0. The Morgan fingerprint density at radius 2 is 1.80 bits per heavy atom. The first-order chi connectivity index (χ1) is 4.42. The Bertz CT molecular complexity index is 83.7. The Labute approximate surface area is 67.5 Å². The van der Waals surface area contributed by atoms with Crippen molar-refractivity contribution in [3.05, 3.63) is 0 Å². The van der Waals surface area contributed by atoms with Crippen LogP contribution < -0.4 is 4.98 Å². The van der Waals surface area contributed by atoms with Gasteiger partial charge in [0.25, 0.3) is 0 Å². The molecular weight excluding hydrogens is 138 g/mol. The van der Waals surface area contributed by atoms with Crippen molar-refractivity contribution in [3.63, 3.8) is 0 Å². The third kappa shape index (κ3) is 8.18. The Morgan fingerprint density at radius 1 is 1.30 bits per heavy atom. The van der Waals surface area contributed by atoms with Crippen molar-refractivity contribution < 1.29 is 0 Å². The summed E-state index contributed by atoms with van der Waals surface area (Å²) >= 11 is 0. The van der Waals surface area contributed by atoms with Gasteiger partial charge in [-0.1, -0.05) is 13.8 Å². The molecule has 0 rings (SSSR count). The van der Waals surface area contributed by atoms with Gasteiger partial charge in [-0.2, -0.15) is 0 Å². The van der Waals surface area contributed by atoms with Crippen LogP contribution in [0.5, 0.6) is 0 Å². The maximum atomic E-state index is 3.59. The van der Waals surface area contributed by atoms with Crippen LogP contribution in [-0.2, 0) is 0 Å². The largest absolute Gasteiger partial charge is 0.338 e. The van der Waals surface area contributed by atoms with E-state index in [1.54, 1.807) is 0 Å². The van der Waals surface area contributed by atoms with Crippen LogP contribution in [-0.4, -0.2) is 15.2 Å². The fourth-order valence-electron chi connectivity index (χ4n) is 0.736. The lowest BCUT2D eigenvalue weighted by Crippen LogP contribution is -2.38. The average Bonchev–Trinajstić information content (AvgIpc) is 1.59. The van der Waals surface area contributed by atoms with Crippen LogP contribution in [0.4, 0.5) is 0 Å². The van der Waals surface area contributed by atoms with Gasteiger partial charge in [-0.25, -0.2) is 0 Å². The molecule has 1 nitrogen and oxygen atoms in total. The molecule has 0 saturated heterocycles. The second kappa shape index (κ2) is 4.14. The lowest BCUT2D eigenvalue weighted by molar-refractivity contribution is 0.519. The third-order valence-corrected chi connectivity index (χ3v) is 4.13. The molecule has 0 bridgehead atoms. The van der Waals surface area contributed by atoms with Crippen molar-refractivity contribution in [1.29, 1.82) is 0 Å². The normalized spacial score (nSPS) is 13.8. The van der Waals surface area contributed by atoms with E-state index in [1.807, 2.05) is 0 Å². The van der Waals surface area contributed by atoms with Crippen LogP contribution in [0.25, 0.3) is 0 Å². The number of nitrogens with one attached hydrogen (secondary N) is 1. The molecule has 0 saturated carbocycles. The molecule has 0 aliphatic rings. The zero-order valence-corrected chi connectivity index (χ0v) is 9.41. The van der Waals surface area contributed by atoms with Gasteiger partial charge in [-0.15, -0.1) is 0 Å². The Kier molecular flexibility index (Phi) is 4.21. The molecule has 0 fully saturated rings. The monoisotopic (exact) mass is 159 g/mol. The van der Waals surface area contributed by atoms with Crippen molar-refractivity contribution in [2.75, 3.05) is 0 Å². The first-order valence-electron chi connectivity index (χ1n) is 4.17. The van der Waals surface area contributed by atoms with E-state index in [-0.39, 0.29) is 9.68 Å². The van der Waals surface area contributed by atoms with Crippen LogP contribution >= 0.6 is 0 Å². The van der Waals surface area contributed by atoms with Crippen molar-refractivity contribution in [2.45, 2.75) is 46.2 Å². The minimum atomic E-state index is 0.00965. The molecular formula is C8H21NSi. The van der Waals surface area contributed by atoms with E-state index in [2.05, 4.69) is 39.6 Å². The standard InChI is InChI=1S/C8H21NSi/c1-7(2)6-10-9-8(3,4)5/h7,9H,6,10H2,1-5H3. The number of rotatable bonds is 3. The lowest BCUT2D eigenvalue weighted by atomic mass is 10.1. The predicted molar refractivity (Wildman–Crippen MR) is 51.1 cm³/mol. The van der Waals surface area contributed by atoms with Crippen LogP contribution in [0.1, 0.15) is 34.6 Å². The summed E-state index contributed by atoms with van der Waals surface area (Å²) in [6.45, 7) is 11.3. The molecule has 0 amide bonds. The van der Waals surface area contributed by atoms with Crippen molar-refractivity contribution in [2.24, 2.45) is 5.92 Å². The lowest BCUT2D eigenvalue weighted by Gasteiger charge is -2.20. The van der Waals surface area contributed by atoms with Gasteiger partial charge >= 0.3 is 0 Å². The highest BCUT2D eigenvalue weighted by Crippen LogP contribution is 2.01. The molecule has 2 heteroatoms. The van der Waals surface area contributed by atoms with Gasteiger partial charge < -0.3 is 4.98 Å². The number of hydrogen-bond acceptors (Lipinski definition) is 1. The first kappa shape index (κ1) is 10.2. The van der Waals surface area contributed by atoms with Gasteiger partial charge in [0.2, 0.25) is 0 Å². The van der Waals surface area contributed by atoms with Crippen molar-refractivity contribution >= 4 is 9.68 Å². The molecule has 0 atom stereocenters. The van der Waals surface area contributed by atoms with Crippen LogP contribution in [0, 0.1) is 5.92 Å². The van der Waals surface area contributed by atoms with Gasteiger partial charge in [0.15, 0.2) is 0 Å². The Balaban J connectivity index is 3.21. The highest BCUT2D eigenvalue weighted by molar-refractivity contribution is 6.32.